The van der Waals surface area contributed by atoms with Gasteiger partial charge in [-0.2, -0.15) is 0 Å². The van der Waals surface area contributed by atoms with Crippen LogP contribution >= 0.6 is 7.60 Å². The Morgan fingerprint density at radius 1 is 1.14 bits per heavy atom. The quantitative estimate of drug-likeness (QED) is 0.566. The van der Waals surface area contributed by atoms with E-state index in [2.05, 4.69) is 0 Å². The van der Waals surface area contributed by atoms with Gasteiger partial charge in [0.2, 0.25) is 0 Å². The van der Waals surface area contributed by atoms with E-state index in [0.717, 1.165) is 5.56 Å². The molecule has 3 rings (SSSR count). The van der Waals surface area contributed by atoms with Gasteiger partial charge in [-0.25, -0.2) is 0 Å². The first kappa shape index (κ1) is 22.8. The van der Waals surface area contributed by atoms with E-state index in [1.54, 1.807) is 27.7 Å². The highest BCUT2D eigenvalue weighted by Gasteiger charge is 2.57. The van der Waals surface area contributed by atoms with E-state index >= 15 is 0 Å². The molecule has 9 heteroatoms. The monoisotopic (exact) mass is 430 g/mol. The van der Waals surface area contributed by atoms with E-state index in [4.69, 9.17) is 28.0 Å². The molecule has 29 heavy (non-hydrogen) atoms. The van der Waals surface area contributed by atoms with Crippen LogP contribution in [-0.2, 0) is 39.2 Å². The zero-order valence-electron chi connectivity index (χ0n) is 17.4. The molecule has 0 aliphatic carbocycles. The Labute approximate surface area is 171 Å². The van der Waals surface area contributed by atoms with Gasteiger partial charge in [-0.1, -0.05) is 30.3 Å². The topological polar surface area (TPSA) is 92.7 Å². The minimum absolute atomic E-state index is 0.201. The van der Waals surface area contributed by atoms with Crippen LogP contribution in [0.3, 0.4) is 0 Å². The number of aliphatic hydroxyl groups excluding tert-OH is 1. The molecule has 2 aliphatic heterocycles. The van der Waals surface area contributed by atoms with Crippen LogP contribution in [0.2, 0.25) is 0 Å². The fraction of sp³-hybridized carbons (Fsp3) is 0.700. The maximum Gasteiger partial charge on any atom is 0.333 e. The number of rotatable bonds is 10. The second kappa shape index (κ2) is 9.54. The third-order valence-corrected chi connectivity index (χ3v) is 6.88. The summed E-state index contributed by atoms with van der Waals surface area (Å²) >= 11 is 0. The fourth-order valence-electron chi connectivity index (χ4n) is 3.64. The van der Waals surface area contributed by atoms with Crippen molar-refractivity contribution >= 4 is 7.60 Å². The van der Waals surface area contributed by atoms with Gasteiger partial charge >= 0.3 is 7.60 Å². The van der Waals surface area contributed by atoms with Crippen molar-refractivity contribution in [1.29, 1.82) is 0 Å². The standard InChI is InChI=1S/C20H31O8P/c1-5-24-29(22,25-6-2)13-15(21)16-17(23-12-14-10-8-7-9-11-14)18-19(26-16)28-20(3,4)27-18/h7-11,15-19,21H,5-6,12-13H2,1-4H3/t15-,16-,17+,18-,19-/m1/s1. The summed E-state index contributed by atoms with van der Waals surface area (Å²) in [6, 6.07) is 9.69. The molecule has 2 saturated heterocycles. The first-order valence-corrected chi connectivity index (χ1v) is 11.7. The summed E-state index contributed by atoms with van der Waals surface area (Å²) in [6.45, 7) is 7.80. The fourth-order valence-corrected chi connectivity index (χ4v) is 5.38. The van der Waals surface area contributed by atoms with Crippen molar-refractivity contribution in [1.82, 2.24) is 0 Å². The van der Waals surface area contributed by atoms with Crippen molar-refractivity contribution in [3.8, 4) is 0 Å². The van der Waals surface area contributed by atoms with Crippen molar-refractivity contribution in [2.24, 2.45) is 0 Å². The lowest BCUT2D eigenvalue weighted by molar-refractivity contribution is -0.229. The molecule has 2 fully saturated rings. The molecule has 1 N–H and O–H groups in total. The van der Waals surface area contributed by atoms with E-state index in [1.807, 2.05) is 30.3 Å². The van der Waals surface area contributed by atoms with Crippen LogP contribution < -0.4 is 0 Å². The van der Waals surface area contributed by atoms with E-state index in [0.29, 0.717) is 6.61 Å². The normalized spacial score (nSPS) is 29.7. The molecule has 1 aromatic carbocycles. The Morgan fingerprint density at radius 2 is 1.79 bits per heavy atom. The molecule has 0 amide bonds. The maximum atomic E-state index is 12.9. The van der Waals surface area contributed by atoms with Crippen LogP contribution in [0.4, 0.5) is 0 Å². The SMILES string of the molecule is CCOP(=O)(C[C@@H](O)[C@H]1O[C@@H]2OC(C)(C)O[C@@H]2[C@H]1OCc1ccccc1)OCC. The lowest BCUT2D eigenvalue weighted by Crippen LogP contribution is -2.44. The van der Waals surface area contributed by atoms with Gasteiger partial charge in [-0.3, -0.25) is 4.57 Å². The van der Waals surface area contributed by atoms with E-state index in [9.17, 15) is 9.67 Å². The zero-order valence-corrected chi connectivity index (χ0v) is 18.2. The number of hydrogen-bond donors (Lipinski definition) is 1. The van der Waals surface area contributed by atoms with Crippen LogP contribution in [0.15, 0.2) is 30.3 Å². The number of hydrogen-bond acceptors (Lipinski definition) is 8. The third kappa shape index (κ3) is 5.66. The minimum atomic E-state index is -3.45. The molecule has 0 unspecified atom stereocenters. The predicted molar refractivity (Wildman–Crippen MR) is 105 cm³/mol. The third-order valence-electron chi connectivity index (χ3n) is 4.75. The number of benzene rings is 1. The maximum absolute atomic E-state index is 12.9. The van der Waals surface area contributed by atoms with Gasteiger partial charge in [0.1, 0.15) is 18.3 Å². The highest BCUT2D eigenvalue weighted by molar-refractivity contribution is 7.53. The molecular weight excluding hydrogens is 399 g/mol. The van der Waals surface area contributed by atoms with E-state index < -0.39 is 44.1 Å². The first-order chi connectivity index (χ1) is 13.8. The summed E-state index contributed by atoms with van der Waals surface area (Å²) in [6.07, 6.45) is -3.92. The highest BCUT2D eigenvalue weighted by Crippen LogP contribution is 2.50. The molecule has 0 bridgehead atoms. The summed E-state index contributed by atoms with van der Waals surface area (Å²) in [5.74, 6) is -0.814. The molecular formula is C20H31O8P. The van der Waals surface area contributed by atoms with Crippen molar-refractivity contribution < 1.29 is 37.7 Å². The van der Waals surface area contributed by atoms with Crippen LogP contribution in [0.1, 0.15) is 33.3 Å². The summed E-state index contributed by atoms with van der Waals surface area (Å²) in [5.41, 5.74) is 0.983. The Morgan fingerprint density at radius 3 is 2.41 bits per heavy atom. The molecule has 0 saturated carbocycles. The van der Waals surface area contributed by atoms with Crippen molar-refractivity contribution in [3.63, 3.8) is 0 Å². The molecule has 5 atom stereocenters. The molecule has 164 valence electrons. The van der Waals surface area contributed by atoms with Crippen LogP contribution in [0.25, 0.3) is 0 Å². The van der Waals surface area contributed by atoms with Gasteiger partial charge in [0.15, 0.2) is 12.1 Å². The zero-order chi connectivity index (χ0) is 21.1. The lowest BCUT2D eigenvalue weighted by atomic mass is 10.1. The average Bonchev–Trinajstić information content (AvgIpc) is 3.13. The van der Waals surface area contributed by atoms with Gasteiger partial charge in [0, 0.05) is 0 Å². The minimum Gasteiger partial charge on any atom is -0.390 e. The molecule has 0 radical (unpaired) electrons. The van der Waals surface area contributed by atoms with Gasteiger partial charge in [0.05, 0.1) is 32.1 Å². The Balaban J connectivity index is 1.73. The Hall–Kier alpha value is -0.830. The van der Waals surface area contributed by atoms with Crippen molar-refractivity contribution in [3.05, 3.63) is 35.9 Å². The largest absolute Gasteiger partial charge is 0.390 e. The van der Waals surface area contributed by atoms with E-state index in [-0.39, 0.29) is 19.4 Å². The first-order valence-electron chi connectivity index (χ1n) is 9.99. The molecule has 2 heterocycles. The smallest absolute Gasteiger partial charge is 0.333 e. The van der Waals surface area contributed by atoms with Crippen LogP contribution in [-0.4, -0.2) is 61.0 Å². The van der Waals surface area contributed by atoms with Gasteiger partial charge in [-0.15, -0.1) is 0 Å². The summed E-state index contributed by atoms with van der Waals surface area (Å²) in [7, 11) is -3.45. The molecule has 1 aromatic rings. The van der Waals surface area contributed by atoms with Gasteiger partial charge in [0.25, 0.3) is 0 Å². The molecule has 0 aromatic heterocycles. The number of aliphatic hydroxyl groups is 1. The van der Waals surface area contributed by atoms with Crippen LogP contribution in [0.5, 0.6) is 0 Å². The summed E-state index contributed by atoms with van der Waals surface area (Å²) in [4.78, 5) is 0. The Bertz CT molecular complexity index is 687. The van der Waals surface area contributed by atoms with Crippen molar-refractivity contribution in [2.75, 3.05) is 19.4 Å². The Kier molecular flexibility index (Phi) is 7.51. The summed E-state index contributed by atoms with van der Waals surface area (Å²) in [5, 5.41) is 10.8. The predicted octanol–water partition coefficient (Wildman–Crippen LogP) is 3.08. The van der Waals surface area contributed by atoms with Crippen LogP contribution in [0, 0.1) is 0 Å². The molecule has 8 nitrogen and oxygen atoms in total. The van der Waals surface area contributed by atoms with Gasteiger partial charge < -0.3 is 33.1 Å². The second-order valence-electron chi connectivity index (χ2n) is 7.53. The molecule has 2 aliphatic rings. The molecule has 0 spiro atoms. The van der Waals surface area contributed by atoms with Crippen molar-refractivity contribution in [2.45, 2.75) is 70.8 Å². The second-order valence-corrected chi connectivity index (χ2v) is 9.63. The summed E-state index contributed by atoms with van der Waals surface area (Å²) < 4.78 is 47.3. The number of ether oxygens (including phenoxy) is 4. The lowest BCUT2D eigenvalue weighted by Gasteiger charge is -2.30. The van der Waals surface area contributed by atoms with E-state index in [1.165, 1.54) is 0 Å². The highest BCUT2D eigenvalue weighted by atomic mass is 31.2. The number of fused-ring (bicyclic) bond motifs is 1. The average molecular weight is 430 g/mol. The van der Waals surface area contributed by atoms with Gasteiger partial charge in [-0.05, 0) is 33.3 Å².